The molecule has 1 aromatic heterocycles. The second-order valence-corrected chi connectivity index (χ2v) is 4.25. The number of nitrogens with zero attached hydrogens (tertiary/aromatic N) is 2. The summed E-state index contributed by atoms with van der Waals surface area (Å²) in [5, 5.41) is 0. The standard InChI is InChI=1S/C11H16F2N2/c1-2-9-7-15(8-14-9)10-3-5-11(12,13)6-4-10/h7-8,10H,2-6H2,1H3. The summed E-state index contributed by atoms with van der Waals surface area (Å²) in [6.07, 6.45) is 5.80. The fourth-order valence-electron chi connectivity index (χ4n) is 2.08. The molecule has 1 aliphatic carbocycles. The molecular weight excluding hydrogens is 198 g/mol. The van der Waals surface area contributed by atoms with Gasteiger partial charge in [0.2, 0.25) is 5.92 Å². The normalized spacial score (nSPS) is 21.8. The molecule has 4 heteroatoms. The van der Waals surface area contributed by atoms with E-state index >= 15 is 0 Å². The van der Waals surface area contributed by atoms with Gasteiger partial charge >= 0.3 is 0 Å². The third-order valence-electron chi connectivity index (χ3n) is 3.13. The molecule has 0 amide bonds. The van der Waals surface area contributed by atoms with Gasteiger partial charge < -0.3 is 4.57 Å². The summed E-state index contributed by atoms with van der Waals surface area (Å²) < 4.78 is 27.9. The van der Waals surface area contributed by atoms with Gasteiger partial charge in [0.25, 0.3) is 0 Å². The van der Waals surface area contributed by atoms with Crippen molar-refractivity contribution in [3.05, 3.63) is 18.2 Å². The van der Waals surface area contributed by atoms with Crippen LogP contribution in [0.15, 0.2) is 12.5 Å². The molecule has 0 aliphatic heterocycles. The van der Waals surface area contributed by atoms with Crippen LogP contribution < -0.4 is 0 Å². The van der Waals surface area contributed by atoms with Crippen LogP contribution in [0.3, 0.4) is 0 Å². The Labute approximate surface area is 88.3 Å². The van der Waals surface area contributed by atoms with Crippen LogP contribution in [-0.2, 0) is 6.42 Å². The van der Waals surface area contributed by atoms with Crippen molar-refractivity contribution in [1.29, 1.82) is 0 Å². The number of rotatable bonds is 2. The SMILES string of the molecule is CCc1cn(C2CCC(F)(F)CC2)cn1. The van der Waals surface area contributed by atoms with Crippen molar-refractivity contribution in [2.24, 2.45) is 0 Å². The summed E-state index contributed by atoms with van der Waals surface area (Å²) in [4.78, 5) is 4.22. The summed E-state index contributed by atoms with van der Waals surface area (Å²) in [5.74, 6) is -2.44. The van der Waals surface area contributed by atoms with E-state index in [1.54, 1.807) is 6.33 Å². The fraction of sp³-hybridized carbons (Fsp3) is 0.727. The zero-order valence-electron chi connectivity index (χ0n) is 8.92. The van der Waals surface area contributed by atoms with Gasteiger partial charge in [-0.25, -0.2) is 13.8 Å². The topological polar surface area (TPSA) is 17.8 Å². The van der Waals surface area contributed by atoms with E-state index in [2.05, 4.69) is 4.98 Å². The lowest BCUT2D eigenvalue weighted by Crippen LogP contribution is -2.25. The van der Waals surface area contributed by atoms with Crippen molar-refractivity contribution >= 4 is 0 Å². The predicted octanol–water partition coefficient (Wildman–Crippen LogP) is 3.20. The molecule has 0 saturated heterocycles. The Morgan fingerprint density at radius 3 is 2.67 bits per heavy atom. The minimum absolute atomic E-state index is 0.0112. The average molecular weight is 214 g/mol. The van der Waals surface area contributed by atoms with Crippen LogP contribution in [0.1, 0.15) is 44.3 Å². The first kappa shape index (κ1) is 10.6. The summed E-state index contributed by atoms with van der Waals surface area (Å²) in [6, 6.07) is 0.220. The predicted molar refractivity (Wildman–Crippen MR) is 54.1 cm³/mol. The lowest BCUT2D eigenvalue weighted by molar-refractivity contribution is -0.0439. The number of halogens is 2. The fourth-order valence-corrected chi connectivity index (χ4v) is 2.08. The third-order valence-corrected chi connectivity index (χ3v) is 3.13. The van der Waals surface area contributed by atoms with Crippen LogP contribution in [0.4, 0.5) is 8.78 Å². The highest BCUT2D eigenvalue weighted by Gasteiger charge is 2.35. The maximum absolute atomic E-state index is 12.9. The molecule has 0 bridgehead atoms. The Morgan fingerprint density at radius 2 is 2.13 bits per heavy atom. The van der Waals surface area contributed by atoms with Crippen LogP contribution in [0.25, 0.3) is 0 Å². The van der Waals surface area contributed by atoms with Crippen molar-refractivity contribution in [1.82, 2.24) is 9.55 Å². The van der Waals surface area contributed by atoms with Gasteiger partial charge in [0.1, 0.15) is 0 Å². The number of aryl methyl sites for hydroxylation is 1. The van der Waals surface area contributed by atoms with E-state index in [0.29, 0.717) is 12.8 Å². The first-order valence-electron chi connectivity index (χ1n) is 5.51. The van der Waals surface area contributed by atoms with Crippen molar-refractivity contribution in [3.63, 3.8) is 0 Å². The summed E-state index contributed by atoms with van der Waals surface area (Å²) in [7, 11) is 0. The van der Waals surface area contributed by atoms with Crippen LogP contribution >= 0.6 is 0 Å². The van der Waals surface area contributed by atoms with Crippen molar-refractivity contribution in [2.45, 2.75) is 51.0 Å². The Bertz CT molecular complexity index is 323. The van der Waals surface area contributed by atoms with Crippen molar-refractivity contribution in [2.75, 3.05) is 0 Å². The molecule has 0 N–H and O–H groups in total. The highest BCUT2D eigenvalue weighted by Crippen LogP contribution is 2.38. The van der Waals surface area contributed by atoms with E-state index in [-0.39, 0.29) is 18.9 Å². The van der Waals surface area contributed by atoms with E-state index in [1.165, 1.54) is 0 Å². The molecular formula is C11H16F2N2. The number of aromatic nitrogens is 2. The smallest absolute Gasteiger partial charge is 0.248 e. The zero-order valence-corrected chi connectivity index (χ0v) is 8.92. The van der Waals surface area contributed by atoms with E-state index < -0.39 is 5.92 Å². The summed E-state index contributed by atoms with van der Waals surface area (Å²) in [5.41, 5.74) is 1.03. The van der Waals surface area contributed by atoms with Crippen molar-refractivity contribution < 1.29 is 8.78 Å². The van der Waals surface area contributed by atoms with Gasteiger partial charge in [-0.15, -0.1) is 0 Å². The summed E-state index contributed by atoms with van der Waals surface area (Å²) in [6.45, 7) is 2.04. The van der Waals surface area contributed by atoms with Gasteiger partial charge in [0.15, 0.2) is 0 Å². The number of hydrogen-bond acceptors (Lipinski definition) is 1. The number of hydrogen-bond donors (Lipinski definition) is 0. The van der Waals surface area contributed by atoms with Crippen LogP contribution in [0.5, 0.6) is 0 Å². The molecule has 15 heavy (non-hydrogen) atoms. The maximum Gasteiger partial charge on any atom is 0.248 e. The van der Waals surface area contributed by atoms with Crippen LogP contribution in [-0.4, -0.2) is 15.5 Å². The Morgan fingerprint density at radius 1 is 1.47 bits per heavy atom. The zero-order chi connectivity index (χ0) is 10.9. The van der Waals surface area contributed by atoms with E-state index in [9.17, 15) is 8.78 Å². The minimum Gasteiger partial charge on any atom is -0.334 e. The van der Waals surface area contributed by atoms with Gasteiger partial charge in [-0.1, -0.05) is 6.92 Å². The van der Waals surface area contributed by atoms with Crippen molar-refractivity contribution in [3.8, 4) is 0 Å². The lowest BCUT2D eigenvalue weighted by atomic mass is 9.92. The first-order chi connectivity index (χ1) is 7.11. The largest absolute Gasteiger partial charge is 0.334 e. The van der Waals surface area contributed by atoms with Gasteiger partial charge in [0, 0.05) is 25.1 Å². The molecule has 0 spiro atoms. The Hall–Kier alpha value is -0.930. The highest BCUT2D eigenvalue weighted by molar-refractivity contribution is 4.98. The van der Waals surface area contributed by atoms with Crippen LogP contribution in [0.2, 0.25) is 0 Å². The van der Waals surface area contributed by atoms with E-state index in [0.717, 1.165) is 12.1 Å². The quantitative estimate of drug-likeness (QED) is 0.739. The molecule has 0 aromatic carbocycles. The minimum atomic E-state index is -2.44. The second kappa shape index (κ2) is 3.91. The molecule has 0 unspecified atom stereocenters. The molecule has 1 aliphatic rings. The highest BCUT2D eigenvalue weighted by atomic mass is 19.3. The monoisotopic (exact) mass is 214 g/mol. The molecule has 2 nitrogen and oxygen atoms in total. The van der Waals surface area contributed by atoms with Gasteiger partial charge in [-0.2, -0.15) is 0 Å². The molecule has 1 saturated carbocycles. The number of alkyl halides is 2. The molecule has 84 valence electrons. The second-order valence-electron chi connectivity index (χ2n) is 4.25. The third kappa shape index (κ3) is 2.36. The summed E-state index contributed by atoms with van der Waals surface area (Å²) >= 11 is 0. The van der Waals surface area contributed by atoms with Gasteiger partial charge in [-0.3, -0.25) is 0 Å². The molecule has 1 heterocycles. The van der Waals surface area contributed by atoms with E-state index in [1.807, 2.05) is 17.7 Å². The first-order valence-corrected chi connectivity index (χ1v) is 5.51. The molecule has 0 atom stereocenters. The molecule has 0 radical (unpaired) electrons. The number of imidazole rings is 1. The van der Waals surface area contributed by atoms with Gasteiger partial charge in [-0.05, 0) is 19.3 Å². The average Bonchev–Trinajstić information content (AvgIpc) is 2.66. The van der Waals surface area contributed by atoms with Gasteiger partial charge in [0.05, 0.1) is 12.0 Å². The van der Waals surface area contributed by atoms with Crippen LogP contribution in [0, 0.1) is 0 Å². The molecule has 2 rings (SSSR count). The maximum atomic E-state index is 12.9. The Balaban J connectivity index is 2.01. The molecule has 1 aromatic rings. The molecule has 1 fully saturated rings. The lowest BCUT2D eigenvalue weighted by Gasteiger charge is -2.28. The Kier molecular flexibility index (Phi) is 2.76. The van der Waals surface area contributed by atoms with E-state index in [4.69, 9.17) is 0 Å².